The summed E-state index contributed by atoms with van der Waals surface area (Å²) in [6, 6.07) is 7.92. The van der Waals surface area contributed by atoms with Gasteiger partial charge in [-0.05, 0) is 68.9 Å². The fraction of sp³-hybridized carbons (Fsp3) is 0.476. The smallest absolute Gasteiger partial charge is 0.140 e. The molecule has 0 saturated heterocycles. The van der Waals surface area contributed by atoms with Crippen molar-refractivity contribution in [2.75, 3.05) is 0 Å². The van der Waals surface area contributed by atoms with Gasteiger partial charge in [0.15, 0.2) is 0 Å². The molecular formula is C21H28BrN3. The molecule has 0 aliphatic rings. The van der Waals surface area contributed by atoms with Gasteiger partial charge in [0, 0.05) is 23.1 Å². The molecule has 3 nitrogen and oxygen atoms in total. The molecule has 0 fully saturated rings. The molecule has 0 aliphatic carbocycles. The molecule has 2 aromatic rings. The molecule has 0 aromatic carbocycles. The van der Waals surface area contributed by atoms with E-state index in [1.54, 1.807) is 6.20 Å². The standard InChI is InChI=1S/C11H14N2.C10H14BrN/c1-11(2,3)7-9-4-5-13-10(6-9)8-12;1-10(2,3)6-8-4-5-12-7-9(8)11/h4-6H,7H2,1-3H3;4-5,7H,6H2,1-3H3. The van der Waals surface area contributed by atoms with Crippen LogP contribution in [0.3, 0.4) is 0 Å². The van der Waals surface area contributed by atoms with Crippen LogP contribution >= 0.6 is 15.9 Å². The summed E-state index contributed by atoms with van der Waals surface area (Å²) in [7, 11) is 0. The van der Waals surface area contributed by atoms with Gasteiger partial charge in [-0.15, -0.1) is 0 Å². The van der Waals surface area contributed by atoms with Gasteiger partial charge in [0.1, 0.15) is 11.8 Å². The van der Waals surface area contributed by atoms with E-state index in [2.05, 4.69) is 73.5 Å². The molecular weight excluding hydrogens is 374 g/mol. The van der Waals surface area contributed by atoms with Crippen molar-refractivity contribution >= 4 is 15.9 Å². The summed E-state index contributed by atoms with van der Waals surface area (Å²) < 4.78 is 1.11. The molecule has 25 heavy (non-hydrogen) atoms. The zero-order valence-corrected chi connectivity index (χ0v) is 17.7. The van der Waals surface area contributed by atoms with Crippen molar-refractivity contribution in [2.24, 2.45) is 10.8 Å². The Morgan fingerprint density at radius 2 is 1.64 bits per heavy atom. The topological polar surface area (TPSA) is 49.6 Å². The Bertz CT molecular complexity index is 719. The lowest BCUT2D eigenvalue weighted by Gasteiger charge is -2.18. The van der Waals surface area contributed by atoms with Crippen molar-refractivity contribution in [3.8, 4) is 6.07 Å². The maximum Gasteiger partial charge on any atom is 0.140 e. The largest absolute Gasteiger partial charge is 0.264 e. The number of hydrogen-bond donors (Lipinski definition) is 0. The number of aromatic nitrogens is 2. The van der Waals surface area contributed by atoms with E-state index in [0.29, 0.717) is 11.1 Å². The lowest BCUT2D eigenvalue weighted by atomic mass is 9.88. The third-order valence-electron chi connectivity index (χ3n) is 3.25. The van der Waals surface area contributed by atoms with Crippen LogP contribution in [-0.2, 0) is 12.8 Å². The number of rotatable bonds is 2. The highest BCUT2D eigenvalue weighted by molar-refractivity contribution is 9.10. The number of hydrogen-bond acceptors (Lipinski definition) is 3. The third kappa shape index (κ3) is 9.36. The van der Waals surface area contributed by atoms with E-state index in [9.17, 15) is 0 Å². The average Bonchev–Trinajstić information content (AvgIpc) is 2.47. The fourth-order valence-corrected chi connectivity index (χ4v) is 2.77. The van der Waals surface area contributed by atoms with Gasteiger partial charge in [-0.3, -0.25) is 4.98 Å². The van der Waals surface area contributed by atoms with Crippen molar-refractivity contribution in [1.29, 1.82) is 5.26 Å². The molecule has 0 aliphatic heterocycles. The molecule has 0 unspecified atom stereocenters. The first-order valence-electron chi connectivity index (χ1n) is 8.44. The SMILES string of the molecule is CC(C)(C)Cc1ccnc(C#N)c1.CC(C)(C)Cc1ccncc1Br. The van der Waals surface area contributed by atoms with E-state index in [1.807, 2.05) is 30.6 Å². The van der Waals surface area contributed by atoms with Gasteiger partial charge >= 0.3 is 0 Å². The minimum Gasteiger partial charge on any atom is -0.264 e. The van der Waals surface area contributed by atoms with Crippen LogP contribution in [0.15, 0.2) is 41.3 Å². The average molecular weight is 402 g/mol. The van der Waals surface area contributed by atoms with Crippen molar-refractivity contribution in [3.63, 3.8) is 0 Å². The summed E-state index contributed by atoms with van der Waals surface area (Å²) in [6.45, 7) is 13.2. The molecule has 2 heterocycles. The predicted octanol–water partition coefficient (Wildman–Crippen LogP) is 5.97. The van der Waals surface area contributed by atoms with Gasteiger partial charge in [0.2, 0.25) is 0 Å². The quantitative estimate of drug-likeness (QED) is 0.621. The molecule has 134 valence electrons. The van der Waals surface area contributed by atoms with Crippen molar-refractivity contribution < 1.29 is 0 Å². The Hall–Kier alpha value is -1.73. The number of nitrogens with zero attached hydrogens (tertiary/aromatic N) is 3. The van der Waals surface area contributed by atoms with Crippen LogP contribution in [-0.4, -0.2) is 9.97 Å². The first-order chi connectivity index (χ1) is 11.5. The summed E-state index contributed by atoms with van der Waals surface area (Å²) in [5.41, 5.74) is 3.61. The van der Waals surface area contributed by atoms with Gasteiger partial charge in [0.25, 0.3) is 0 Å². The van der Waals surface area contributed by atoms with Gasteiger partial charge in [0.05, 0.1) is 0 Å². The third-order valence-corrected chi connectivity index (χ3v) is 3.96. The van der Waals surface area contributed by atoms with Crippen LogP contribution in [0.5, 0.6) is 0 Å². The minimum atomic E-state index is 0.258. The Kier molecular flexibility index (Phi) is 7.76. The van der Waals surface area contributed by atoms with Crippen LogP contribution in [0.4, 0.5) is 0 Å². The van der Waals surface area contributed by atoms with Crippen molar-refractivity contribution in [3.05, 3.63) is 58.1 Å². The molecule has 4 heteroatoms. The Morgan fingerprint density at radius 3 is 2.16 bits per heavy atom. The van der Waals surface area contributed by atoms with E-state index in [-0.39, 0.29) is 5.41 Å². The van der Waals surface area contributed by atoms with Gasteiger partial charge in [-0.25, -0.2) is 4.98 Å². The van der Waals surface area contributed by atoms with E-state index in [0.717, 1.165) is 17.3 Å². The van der Waals surface area contributed by atoms with Crippen LogP contribution in [0.25, 0.3) is 0 Å². The molecule has 0 saturated carbocycles. The Morgan fingerprint density at radius 1 is 1.00 bits per heavy atom. The van der Waals surface area contributed by atoms with E-state index in [4.69, 9.17) is 5.26 Å². The van der Waals surface area contributed by atoms with Crippen LogP contribution in [0.1, 0.15) is 58.4 Å². The second kappa shape index (κ2) is 9.10. The van der Waals surface area contributed by atoms with Crippen LogP contribution in [0, 0.1) is 22.2 Å². The minimum absolute atomic E-state index is 0.258. The van der Waals surface area contributed by atoms with Crippen molar-refractivity contribution in [2.45, 2.75) is 54.4 Å². The molecule has 0 amide bonds. The lowest BCUT2D eigenvalue weighted by molar-refractivity contribution is 0.410. The van der Waals surface area contributed by atoms with Gasteiger partial charge in [-0.2, -0.15) is 5.26 Å². The summed E-state index contributed by atoms with van der Waals surface area (Å²) in [6.07, 6.45) is 7.44. The summed E-state index contributed by atoms with van der Waals surface area (Å²) in [5, 5.41) is 8.65. The van der Waals surface area contributed by atoms with E-state index < -0.39 is 0 Å². The highest BCUT2D eigenvalue weighted by Crippen LogP contribution is 2.25. The maximum absolute atomic E-state index is 8.65. The predicted molar refractivity (Wildman–Crippen MR) is 107 cm³/mol. The molecule has 0 spiro atoms. The monoisotopic (exact) mass is 401 g/mol. The second-order valence-corrected chi connectivity index (χ2v) is 9.46. The highest BCUT2D eigenvalue weighted by atomic mass is 79.9. The first kappa shape index (κ1) is 21.3. The maximum atomic E-state index is 8.65. The summed E-state index contributed by atoms with van der Waals surface area (Å²) in [4.78, 5) is 7.95. The normalized spacial score (nSPS) is 11.3. The number of halogens is 1. The molecule has 0 atom stereocenters. The number of nitriles is 1. The zero-order valence-electron chi connectivity index (χ0n) is 16.1. The second-order valence-electron chi connectivity index (χ2n) is 8.60. The van der Waals surface area contributed by atoms with E-state index >= 15 is 0 Å². The van der Waals surface area contributed by atoms with Gasteiger partial charge in [-0.1, -0.05) is 41.5 Å². The lowest BCUT2D eigenvalue weighted by Crippen LogP contribution is -2.09. The molecule has 0 bridgehead atoms. The Labute approximate surface area is 160 Å². The molecule has 0 N–H and O–H groups in total. The zero-order chi connectivity index (χ0) is 19.1. The van der Waals surface area contributed by atoms with Crippen molar-refractivity contribution in [1.82, 2.24) is 9.97 Å². The van der Waals surface area contributed by atoms with Crippen LogP contribution < -0.4 is 0 Å². The molecule has 2 aromatic heterocycles. The Balaban J connectivity index is 0.000000251. The molecule has 0 radical (unpaired) electrons. The van der Waals surface area contributed by atoms with E-state index in [1.165, 1.54) is 11.1 Å². The number of pyridine rings is 2. The molecule has 2 rings (SSSR count). The summed E-state index contributed by atoms with van der Waals surface area (Å²) >= 11 is 3.49. The van der Waals surface area contributed by atoms with Gasteiger partial charge < -0.3 is 0 Å². The van der Waals surface area contributed by atoms with Crippen LogP contribution in [0.2, 0.25) is 0 Å². The first-order valence-corrected chi connectivity index (χ1v) is 9.23. The fourth-order valence-electron chi connectivity index (χ4n) is 2.38. The summed E-state index contributed by atoms with van der Waals surface area (Å²) in [5.74, 6) is 0. The highest BCUT2D eigenvalue weighted by Gasteiger charge is 2.13.